The highest BCUT2D eigenvalue weighted by Gasteiger charge is 2.27. The molecule has 0 unspecified atom stereocenters. The van der Waals surface area contributed by atoms with Crippen LogP contribution in [0.2, 0.25) is 0 Å². The van der Waals surface area contributed by atoms with Crippen molar-refractivity contribution < 1.29 is 14.3 Å². The number of rotatable bonds is 4. The van der Waals surface area contributed by atoms with E-state index in [1.54, 1.807) is 19.1 Å². The average molecular weight is 360 g/mol. The monoisotopic (exact) mass is 360 g/mol. The largest absolute Gasteiger partial charge is 0.449 e. The summed E-state index contributed by atoms with van der Waals surface area (Å²) < 4.78 is 5.53. The quantitative estimate of drug-likeness (QED) is 0.716. The number of para-hydroxylation sites is 2. The van der Waals surface area contributed by atoms with Crippen molar-refractivity contribution in [2.24, 2.45) is 0 Å². The Labute approximate surface area is 157 Å². The maximum absolute atomic E-state index is 13.0. The van der Waals surface area contributed by atoms with Crippen LogP contribution in [0.15, 0.2) is 54.6 Å². The molecule has 5 heteroatoms. The highest BCUT2D eigenvalue weighted by atomic mass is 16.5. The molecule has 0 aliphatic heterocycles. The topological polar surface area (TPSA) is 68.3 Å². The molecule has 5 nitrogen and oxygen atoms in total. The van der Waals surface area contributed by atoms with Gasteiger partial charge in [-0.1, -0.05) is 36.4 Å². The summed E-state index contributed by atoms with van der Waals surface area (Å²) >= 11 is 0. The van der Waals surface area contributed by atoms with E-state index in [-0.39, 0.29) is 5.91 Å². The number of aromatic nitrogens is 1. The lowest BCUT2D eigenvalue weighted by atomic mass is 10.0. The maximum atomic E-state index is 13.0. The number of benzene rings is 2. The number of nitrogens with zero attached hydrogens (tertiary/aromatic N) is 1. The molecule has 1 amide bonds. The normalized spacial score (nSPS) is 13.8. The molecule has 0 saturated carbocycles. The summed E-state index contributed by atoms with van der Waals surface area (Å²) in [5.74, 6) is -0.827. The Bertz CT molecular complexity index is 1010. The molecule has 2 aromatic carbocycles. The molecule has 0 fully saturated rings. The van der Waals surface area contributed by atoms with Crippen LogP contribution in [0.4, 0.5) is 5.69 Å². The molecule has 0 saturated heterocycles. The van der Waals surface area contributed by atoms with E-state index >= 15 is 0 Å². The number of amides is 1. The van der Waals surface area contributed by atoms with Crippen LogP contribution in [-0.2, 0) is 22.4 Å². The summed E-state index contributed by atoms with van der Waals surface area (Å²) in [4.78, 5) is 30.0. The van der Waals surface area contributed by atoms with Crippen molar-refractivity contribution in [3.63, 3.8) is 0 Å². The second-order valence-corrected chi connectivity index (χ2v) is 6.69. The van der Waals surface area contributed by atoms with Crippen molar-refractivity contribution >= 4 is 28.5 Å². The lowest BCUT2D eigenvalue weighted by Crippen LogP contribution is -2.30. The fourth-order valence-corrected chi connectivity index (χ4v) is 3.48. The third-order valence-electron chi connectivity index (χ3n) is 4.82. The predicted molar refractivity (Wildman–Crippen MR) is 104 cm³/mol. The van der Waals surface area contributed by atoms with Crippen LogP contribution in [0.3, 0.4) is 0 Å². The highest BCUT2D eigenvalue weighted by molar-refractivity contribution is 6.06. The van der Waals surface area contributed by atoms with Crippen LogP contribution >= 0.6 is 0 Å². The highest BCUT2D eigenvalue weighted by Crippen LogP contribution is 2.30. The lowest BCUT2D eigenvalue weighted by molar-refractivity contribution is -0.123. The molecule has 0 spiro atoms. The number of fused-ring (bicyclic) bond motifs is 2. The number of ether oxygens (including phenoxy) is 1. The van der Waals surface area contributed by atoms with Gasteiger partial charge in [-0.2, -0.15) is 0 Å². The van der Waals surface area contributed by atoms with E-state index in [1.807, 2.05) is 42.5 Å². The first kappa shape index (κ1) is 17.2. The van der Waals surface area contributed by atoms with Crippen LogP contribution in [0.25, 0.3) is 10.9 Å². The van der Waals surface area contributed by atoms with Crippen molar-refractivity contribution in [3.05, 3.63) is 71.4 Å². The number of carbonyl (C=O) groups excluding carboxylic acids is 2. The molecule has 27 heavy (non-hydrogen) atoms. The molecule has 0 radical (unpaired) electrons. The summed E-state index contributed by atoms with van der Waals surface area (Å²) in [5.41, 5.74) is 3.91. The molecule has 1 heterocycles. The number of aryl methyl sites for hydroxylation is 1. The van der Waals surface area contributed by atoms with Gasteiger partial charge < -0.3 is 10.1 Å². The molecule has 3 aromatic rings. The first-order valence-electron chi connectivity index (χ1n) is 9.11. The summed E-state index contributed by atoms with van der Waals surface area (Å²) in [5, 5.41) is 3.54. The van der Waals surface area contributed by atoms with Crippen LogP contribution in [0.1, 0.15) is 35.0 Å². The zero-order valence-electron chi connectivity index (χ0n) is 15.1. The van der Waals surface area contributed by atoms with Gasteiger partial charge in [0.05, 0.1) is 11.1 Å². The van der Waals surface area contributed by atoms with Gasteiger partial charge in [0.1, 0.15) is 0 Å². The minimum Gasteiger partial charge on any atom is -0.449 e. The van der Waals surface area contributed by atoms with Crippen molar-refractivity contribution in [2.75, 3.05) is 5.32 Å². The molecule has 136 valence electrons. The van der Waals surface area contributed by atoms with Gasteiger partial charge in [-0.25, -0.2) is 4.79 Å². The Kier molecular flexibility index (Phi) is 4.59. The van der Waals surface area contributed by atoms with E-state index in [4.69, 9.17) is 4.74 Å². The molecule has 1 aliphatic carbocycles. The fraction of sp³-hybridized carbons (Fsp3) is 0.227. The van der Waals surface area contributed by atoms with E-state index < -0.39 is 12.1 Å². The zero-order valence-corrected chi connectivity index (χ0v) is 15.1. The van der Waals surface area contributed by atoms with E-state index in [2.05, 4.69) is 10.3 Å². The number of esters is 1. The van der Waals surface area contributed by atoms with Crippen LogP contribution in [0.5, 0.6) is 0 Å². The second-order valence-electron chi connectivity index (χ2n) is 6.69. The molecule has 4 rings (SSSR count). The smallest absolute Gasteiger partial charge is 0.339 e. The van der Waals surface area contributed by atoms with Gasteiger partial charge in [0.2, 0.25) is 0 Å². The van der Waals surface area contributed by atoms with Gasteiger partial charge in [-0.3, -0.25) is 9.78 Å². The number of hydrogen-bond donors (Lipinski definition) is 1. The lowest BCUT2D eigenvalue weighted by Gasteiger charge is -2.16. The standard InChI is InChI=1S/C22H20N2O3/c1-14(21(25)23-15-8-3-2-4-9-15)27-22(26)20-16-10-5-6-12-18(16)24-19-13-7-11-17(19)20/h2-6,8-10,12,14H,7,11,13H2,1H3,(H,23,25)/t14-/m0/s1. The first-order chi connectivity index (χ1) is 13.1. The summed E-state index contributed by atoms with van der Waals surface area (Å²) in [6.45, 7) is 1.58. The minimum absolute atomic E-state index is 0.357. The molecule has 1 aliphatic rings. The number of hydrogen-bond acceptors (Lipinski definition) is 4. The third kappa shape index (κ3) is 3.40. The van der Waals surface area contributed by atoms with Crippen molar-refractivity contribution in [1.82, 2.24) is 4.98 Å². The van der Waals surface area contributed by atoms with Gasteiger partial charge in [0.15, 0.2) is 6.10 Å². The SMILES string of the molecule is C[C@H](OC(=O)c1c2c(nc3ccccc13)CCC2)C(=O)Nc1ccccc1. The van der Waals surface area contributed by atoms with Crippen LogP contribution in [-0.4, -0.2) is 23.0 Å². The summed E-state index contributed by atoms with van der Waals surface area (Å²) in [6.07, 6.45) is 1.75. The first-order valence-corrected chi connectivity index (χ1v) is 9.11. The second kappa shape index (κ2) is 7.19. The average Bonchev–Trinajstić information content (AvgIpc) is 3.14. The number of nitrogens with one attached hydrogen (secondary N) is 1. The Balaban J connectivity index is 1.59. The maximum Gasteiger partial charge on any atom is 0.339 e. The van der Waals surface area contributed by atoms with Crippen LogP contribution < -0.4 is 5.32 Å². The Morgan fingerprint density at radius 2 is 1.78 bits per heavy atom. The number of pyridine rings is 1. The molecule has 1 N–H and O–H groups in total. The molecule has 1 aromatic heterocycles. The number of anilines is 1. The zero-order chi connectivity index (χ0) is 18.8. The van der Waals surface area contributed by atoms with Crippen molar-refractivity contribution in [1.29, 1.82) is 0 Å². The van der Waals surface area contributed by atoms with Gasteiger partial charge in [-0.05, 0) is 49.9 Å². The Hall–Kier alpha value is -3.21. The van der Waals surface area contributed by atoms with Crippen molar-refractivity contribution in [3.8, 4) is 0 Å². The third-order valence-corrected chi connectivity index (χ3v) is 4.82. The van der Waals surface area contributed by atoms with E-state index in [9.17, 15) is 9.59 Å². The minimum atomic E-state index is -0.901. The Morgan fingerprint density at radius 3 is 2.59 bits per heavy atom. The van der Waals surface area contributed by atoms with E-state index in [0.29, 0.717) is 11.3 Å². The molecule has 0 bridgehead atoms. The predicted octanol–water partition coefficient (Wildman–Crippen LogP) is 3.91. The van der Waals surface area contributed by atoms with Gasteiger partial charge in [0.25, 0.3) is 5.91 Å². The molecular formula is C22H20N2O3. The fourth-order valence-electron chi connectivity index (χ4n) is 3.48. The van der Waals surface area contributed by atoms with E-state index in [0.717, 1.165) is 41.4 Å². The molecular weight excluding hydrogens is 340 g/mol. The Morgan fingerprint density at radius 1 is 1.04 bits per heavy atom. The van der Waals surface area contributed by atoms with Crippen molar-refractivity contribution in [2.45, 2.75) is 32.3 Å². The number of carbonyl (C=O) groups is 2. The van der Waals surface area contributed by atoms with Gasteiger partial charge in [-0.15, -0.1) is 0 Å². The summed E-state index contributed by atoms with van der Waals surface area (Å²) in [7, 11) is 0. The summed E-state index contributed by atoms with van der Waals surface area (Å²) in [6, 6.07) is 16.7. The van der Waals surface area contributed by atoms with E-state index in [1.165, 1.54) is 0 Å². The van der Waals surface area contributed by atoms with Gasteiger partial charge >= 0.3 is 5.97 Å². The van der Waals surface area contributed by atoms with Crippen LogP contribution in [0, 0.1) is 0 Å². The molecule has 1 atom stereocenters. The van der Waals surface area contributed by atoms with Gasteiger partial charge in [0, 0.05) is 16.8 Å².